The van der Waals surface area contributed by atoms with Gasteiger partial charge in [-0.15, -0.1) is 0 Å². The third-order valence-corrected chi connectivity index (χ3v) is 5.42. The fourth-order valence-corrected chi connectivity index (χ4v) is 4.26. The summed E-state index contributed by atoms with van der Waals surface area (Å²) in [5.41, 5.74) is 0. The highest BCUT2D eigenvalue weighted by molar-refractivity contribution is 7.91. The number of carbonyl (C=O) groups is 2. The van der Waals surface area contributed by atoms with Crippen molar-refractivity contribution in [1.29, 1.82) is 0 Å². The first-order valence-electron chi connectivity index (χ1n) is 7.14. The largest absolute Gasteiger partial charge is 0.467 e. The zero-order valence-electron chi connectivity index (χ0n) is 12.4. The molecule has 1 aromatic rings. The Morgan fingerprint density at radius 3 is 2.77 bits per heavy atom. The van der Waals surface area contributed by atoms with E-state index in [0.717, 1.165) is 0 Å². The SMILES string of the molecule is CC(=O)N(CCC(=O)NCc1ccco1)C1CCS(=O)(=O)C1. The quantitative estimate of drug-likeness (QED) is 0.811. The maximum absolute atomic E-state index is 11.8. The highest BCUT2D eigenvalue weighted by atomic mass is 32.2. The van der Waals surface area contributed by atoms with Crippen LogP contribution in [0.5, 0.6) is 0 Å². The van der Waals surface area contributed by atoms with Crippen molar-refractivity contribution in [1.82, 2.24) is 10.2 Å². The molecule has 2 rings (SSSR count). The molecule has 2 heterocycles. The van der Waals surface area contributed by atoms with Crippen LogP contribution in [0.3, 0.4) is 0 Å². The minimum atomic E-state index is -3.06. The molecule has 22 heavy (non-hydrogen) atoms. The minimum absolute atomic E-state index is 0.0133. The Bertz CT molecular complexity index is 624. The van der Waals surface area contributed by atoms with Gasteiger partial charge in [0.25, 0.3) is 0 Å². The number of hydrogen-bond acceptors (Lipinski definition) is 5. The van der Waals surface area contributed by atoms with Gasteiger partial charge >= 0.3 is 0 Å². The summed E-state index contributed by atoms with van der Waals surface area (Å²) in [5.74, 6) is 0.329. The van der Waals surface area contributed by atoms with Crippen LogP contribution in [0.15, 0.2) is 22.8 Å². The third kappa shape index (κ3) is 4.59. The van der Waals surface area contributed by atoms with E-state index in [1.54, 1.807) is 12.1 Å². The number of amides is 2. The van der Waals surface area contributed by atoms with Gasteiger partial charge in [-0.1, -0.05) is 0 Å². The molecule has 0 spiro atoms. The van der Waals surface area contributed by atoms with Crippen molar-refractivity contribution in [2.45, 2.75) is 32.4 Å². The molecule has 8 heteroatoms. The predicted octanol–water partition coefficient (Wildman–Crippen LogP) is 0.321. The molecule has 1 aliphatic heterocycles. The Kier molecular flexibility index (Phi) is 5.23. The highest BCUT2D eigenvalue weighted by Crippen LogP contribution is 2.18. The lowest BCUT2D eigenvalue weighted by atomic mass is 10.2. The van der Waals surface area contributed by atoms with Crippen LogP contribution in [0.2, 0.25) is 0 Å². The van der Waals surface area contributed by atoms with Crippen LogP contribution in [0.25, 0.3) is 0 Å². The normalized spacial score (nSPS) is 19.8. The van der Waals surface area contributed by atoms with Crippen molar-refractivity contribution in [2.75, 3.05) is 18.1 Å². The van der Waals surface area contributed by atoms with Crippen molar-refractivity contribution >= 4 is 21.7 Å². The van der Waals surface area contributed by atoms with E-state index < -0.39 is 9.84 Å². The Morgan fingerprint density at radius 1 is 1.45 bits per heavy atom. The van der Waals surface area contributed by atoms with Crippen molar-refractivity contribution in [3.8, 4) is 0 Å². The number of nitrogens with one attached hydrogen (secondary N) is 1. The summed E-state index contributed by atoms with van der Waals surface area (Å²) in [6.45, 7) is 1.91. The van der Waals surface area contributed by atoms with E-state index in [1.165, 1.54) is 18.1 Å². The summed E-state index contributed by atoms with van der Waals surface area (Å²) < 4.78 is 28.1. The average molecular weight is 328 g/mol. The van der Waals surface area contributed by atoms with Crippen LogP contribution in [0.4, 0.5) is 0 Å². The van der Waals surface area contributed by atoms with E-state index in [2.05, 4.69) is 5.32 Å². The molecule has 1 aliphatic rings. The van der Waals surface area contributed by atoms with E-state index in [4.69, 9.17) is 4.42 Å². The molecule has 0 aromatic carbocycles. The first-order chi connectivity index (χ1) is 10.4. The summed E-state index contributed by atoms with van der Waals surface area (Å²) in [5, 5.41) is 2.70. The van der Waals surface area contributed by atoms with Gasteiger partial charge in [-0.2, -0.15) is 0 Å². The molecule has 0 radical (unpaired) electrons. The van der Waals surface area contributed by atoms with Crippen molar-refractivity contribution in [3.05, 3.63) is 24.2 Å². The molecule has 1 fully saturated rings. The molecule has 122 valence electrons. The van der Waals surface area contributed by atoms with Gasteiger partial charge in [0, 0.05) is 25.9 Å². The van der Waals surface area contributed by atoms with Gasteiger partial charge < -0.3 is 14.6 Å². The van der Waals surface area contributed by atoms with E-state index in [1.807, 2.05) is 0 Å². The molecule has 0 bridgehead atoms. The molecule has 1 atom stereocenters. The second-order valence-corrected chi connectivity index (χ2v) is 7.60. The Hall–Kier alpha value is -1.83. The summed E-state index contributed by atoms with van der Waals surface area (Å²) in [6.07, 6.45) is 2.10. The Balaban J connectivity index is 1.81. The van der Waals surface area contributed by atoms with Gasteiger partial charge in [0.05, 0.1) is 24.3 Å². The van der Waals surface area contributed by atoms with Gasteiger partial charge in [0.2, 0.25) is 11.8 Å². The van der Waals surface area contributed by atoms with E-state index >= 15 is 0 Å². The van der Waals surface area contributed by atoms with Crippen molar-refractivity contribution in [3.63, 3.8) is 0 Å². The van der Waals surface area contributed by atoms with Gasteiger partial charge in [0.15, 0.2) is 9.84 Å². The Morgan fingerprint density at radius 2 is 2.23 bits per heavy atom. The molecule has 1 unspecified atom stereocenters. The Labute approximate surface area is 129 Å². The summed E-state index contributed by atoms with van der Waals surface area (Å²) in [4.78, 5) is 25.0. The van der Waals surface area contributed by atoms with E-state index in [9.17, 15) is 18.0 Å². The first kappa shape index (κ1) is 16.5. The summed E-state index contributed by atoms with van der Waals surface area (Å²) in [6, 6.07) is 3.17. The van der Waals surface area contributed by atoms with Crippen LogP contribution in [-0.4, -0.2) is 49.2 Å². The van der Waals surface area contributed by atoms with Gasteiger partial charge in [0.1, 0.15) is 5.76 Å². The van der Waals surface area contributed by atoms with E-state index in [-0.39, 0.29) is 42.3 Å². The molecule has 0 saturated carbocycles. The number of furan rings is 1. The molecular weight excluding hydrogens is 308 g/mol. The van der Waals surface area contributed by atoms with Gasteiger partial charge in [-0.25, -0.2) is 8.42 Å². The molecule has 7 nitrogen and oxygen atoms in total. The molecule has 2 amide bonds. The topological polar surface area (TPSA) is 96.7 Å². The van der Waals surface area contributed by atoms with Crippen LogP contribution in [0.1, 0.15) is 25.5 Å². The molecule has 1 saturated heterocycles. The standard InChI is InChI=1S/C14H20N2O5S/c1-11(17)16(12-5-8-22(19,20)10-12)6-4-14(18)15-9-13-3-2-7-21-13/h2-3,7,12H,4-6,8-10H2,1H3,(H,15,18). The second-order valence-electron chi connectivity index (χ2n) is 5.38. The number of carbonyl (C=O) groups excluding carboxylic acids is 2. The van der Waals surface area contributed by atoms with E-state index in [0.29, 0.717) is 18.7 Å². The smallest absolute Gasteiger partial charge is 0.222 e. The number of sulfone groups is 1. The fourth-order valence-electron chi connectivity index (χ4n) is 2.53. The minimum Gasteiger partial charge on any atom is -0.467 e. The monoisotopic (exact) mass is 328 g/mol. The van der Waals surface area contributed by atoms with Gasteiger partial charge in [-0.05, 0) is 18.6 Å². The van der Waals surface area contributed by atoms with Gasteiger partial charge in [-0.3, -0.25) is 9.59 Å². The lowest BCUT2D eigenvalue weighted by Gasteiger charge is -2.26. The molecule has 0 aliphatic carbocycles. The third-order valence-electron chi connectivity index (χ3n) is 3.67. The molecule has 1 aromatic heterocycles. The summed E-state index contributed by atoms with van der Waals surface area (Å²) >= 11 is 0. The molecule has 1 N–H and O–H groups in total. The zero-order chi connectivity index (χ0) is 16.2. The predicted molar refractivity (Wildman–Crippen MR) is 79.6 cm³/mol. The first-order valence-corrected chi connectivity index (χ1v) is 8.96. The zero-order valence-corrected chi connectivity index (χ0v) is 13.3. The summed E-state index contributed by atoms with van der Waals surface area (Å²) in [7, 11) is -3.06. The van der Waals surface area contributed by atoms with Crippen LogP contribution in [0, 0.1) is 0 Å². The fraction of sp³-hybridized carbons (Fsp3) is 0.571. The van der Waals surface area contributed by atoms with Crippen LogP contribution >= 0.6 is 0 Å². The van der Waals surface area contributed by atoms with Crippen LogP contribution in [-0.2, 0) is 26.0 Å². The number of rotatable bonds is 6. The lowest BCUT2D eigenvalue weighted by Crippen LogP contribution is -2.42. The van der Waals surface area contributed by atoms with Crippen LogP contribution < -0.4 is 5.32 Å². The maximum Gasteiger partial charge on any atom is 0.222 e. The second kappa shape index (κ2) is 6.95. The molecular formula is C14H20N2O5S. The average Bonchev–Trinajstić information content (AvgIpc) is 3.06. The highest BCUT2D eigenvalue weighted by Gasteiger charge is 2.33. The number of nitrogens with zero attached hydrogens (tertiary/aromatic N) is 1. The lowest BCUT2D eigenvalue weighted by molar-refractivity contribution is -0.131. The van der Waals surface area contributed by atoms with Crippen molar-refractivity contribution < 1.29 is 22.4 Å². The van der Waals surface area contributed by atoms with Crippen molar-refractivity contribution in [2.24, 2.45) is 0 Å². The maximum atomic E-state index is 11.8. The number of hydrogen-bond donors (Lipinski definition) is 1.